The summed E-state index contributed by atoms with van der Waals surface area (Å²) < 4.78 is 0. The molecule has 2 rings (SSSR count). The third-order valence-corrected chi connectivity index (χ3v) is 5.75. The van der Waals surface area contributed by atoms with Gasteiger partial charge in [-0.2, -0.15) is 0 Å². The van der Waals surface area contributed by atoms with E-state index in [0.717, 1.165) is 19.0 Å². The lowest BCUT2D eigenvalue weighted by molar-refractivity contribution is -0.0667. The first-order valence-corrected chi connectivity index (χ1v) is 7.69. The van der Waals surface area contributed by atoms with Gasteiger partial charge in [-0.1, -0.05) is 13.8 Å². The summed E-state index contributed by atoms with van der Waals surface area (Å²) in [5, 5.41) is 5.64. The van der Waals surface area contributed by atoms with Crippen molar-refractivity contribution in [1.29, 1.82) is 0 Å². The Morgan fingerprint density at radius 1 is 1.40 bits per heavy atom. The minimum Gasteiger partial charge on any atom is -0.351 e. The highest BCUT2D eigenvalue weighted by Crippen LogP contribution is 2.46. The van der Waals surface area contributed by atoms with Gasteiger partial charge in [0.2, 0.25) is 0 Å². The molecule has 0 aliphatic carbocycles. The normalized spacial score (nSPS) is 20.1. The van der Waals surface area contributed by atoms with Crippen molar-refractivity contribution in [1.82, 2.24) is 10.2 Å². The molecule has 1 N–H and O–H groups in total. The van der Waals surface area contributed by atoms with Crippen molar-refractivity contribution in [2.45, 2.75) is 46.7 Å². The molecule has 0 amide bonds. The number of hydrogen-bond donors (Lipinski definition) is 1. The zero-order valence-electron chi connectivity index (χ0n) is 13.3. The molecule has 0 aromatic carbocycles. The average molecular weight is 407 g/mol. The van der Waals surface area contributed by atoms with Gasteiger partial charge < -0.3 is 10.2 Å². The second-order valence-electron chi connectivity index (χ2n) is 6.46. The van der Waals surface area contributed by atoms with Gasteiger partial charge in [-0.25, -0.2) is 0 Å². The average Bonchev–Trinajstić information content (AvgIpc) is 2.74. The summed E-state index contributed by atoms with van der Waals surface area (Å²) >= 11 is 1.80. The van der Waals surface area contributed by atoms with E-state index in [4.69, 9.17) is 0 Å². The monoisotopic (exact) mass is 407 g/mol. The zero-order valence-corrected chi connectivity index (χ0v) is 16.4. The van der Waals surface area contributed by atoms with Gasteiger partial charge >= 0.3 is 0 Å². The minimum absolute atomic E-state index is 0. The van der Waals surface area contributed by atoms with E-state index < -0.39 is 0 Å². The van der Waals surface area contributed by atoms with Crippen LogP contribution in [-0.4, -0.2) is 30.0 Å². The molecule has 1 fully saturated rings. The Balaban J connectivity index is 0.00000200. The number of nitrogens with one attached hydrogen (secondary N) is 1. The van der Waals surface area contributed by atoms with Crippen LogP contribution in [0.4, 0.5) is 0 Å². The van der Waals surface area contributed by atoms with Crippen molar-refractivity contribution in [3.05, 3.63) is 21.9 Å². The molecule has 2 heterocycles. The predicted molar refractivity (Wildman–Crippen MR) is 99.2 cm³/mol. The van der Waals surface area contributed by atoms with Gasteiger partial charge in [0.1, 0.15) is 0 Å². The van der Waals surface area contributed by atoms with Crippen molar-refractivity contribution in [2.75, 3.05) is 13.6 Å². The number of likely N-dealkylation sites (tertiary alicyclic amines) is 1. The number of rotatable bonds is 2. The number of nitrogens with zero attached hydrogens (tertiary/aromatic N) is 2. The number of guanidine groups is 1. The molecule has 5 heteroatoms. The second-order valence-corrected chi connectivity index (χ2v) is 7.46. The molecule has 0 bridgehead atoms. The summed E-state index contributed by atoms with van der Waals surface area (Å²) in [6.07, 6.45) is 0. The van der Waals surface area contributed by atoms with Crippen LogP contribution in [0.15, 0.2) is 16.4 Å². The van der Waals surface area contributed by atoms with E-state index in [2.05, 4.69) is 61.3 Å². The van der Waals surface area contributed by atoms with Crippen LogP contribution in [0.5, 0.6) is 0 Å². The fourth-order valence-electron chi connectivity index (χ4n) is 2.44. The van der Waals surface area contributed by atoms with Crippen LogP contribution in [0.25, 0.3) is 0 Å². The highest BCUT2D eigenvalue weighted by atomic mass is 127. The fraction of sp³-hybridized carbons (Fsp3) is 0.667. The molecule has 3 nitrogen and oxygen atoms in total. The van der Waals surface area contributed by atoms with Crippen molar-refractivity contribution in [2.24, 2.45) is 10.4 Å². The first-order chi connectivity index (χ1) is 8.79. The molecule has 1 aliphatic rings. The largest absolute Gasteiger partial charge is 0.351 e. The summed E-state index contributed by atoms with van der Waals surface area (Å²) in [7, 11) is 1.87. The molecule has 1 aromatic rings. The third-order valence-electron chi connectivity index (χ3n) is 4.73. The van der Waals surface area contributed by atoms with E-state index in [9.17, 15) is 0 Å². The minimum atomic E-state index is 0. The van der Waals surface area contributed by atoms with Crippen molar-refractivity contribution in [3.63, 3.8) is 0 Å². The molecule has 114 valence electrons. The summed E-state index contributed by atoms with van der Waals surface area (Å²) in [4.78, 5) is 8.20. The lowest BCUT2D eigenvalue weighted by Gasteiger charge is -2.62. The van der Waals surface area contributed by atoms with Gasteiger partial charge in [-0.3, -0.25) is 4.99 Å². The van der Waals surface area contributed by atoms with Crippen LogP contribution in [0.1, 0.15) is 38.1 Å². The first-order valence-electron chi connectivity index (χ1n) is 6.81. The van der Waals surface area contributed by atoms with Crippen LogP contribution in [0, 0.1) is 12.3 Å². The van der Waals surface area contributed by atoms with Crippen LogP contribution in [0.2, 0.25) is 0 Å². The van der Waals surface area contributed by atoms with E-state index in [1.165, 1.54) is 10.4 Å². The summed E-state index contributed by atoms with van der Waals surface area (Å²) in [6, 6.07) is 2.17. The number of hydrogen-bond acceptors (Lipinski definition) is 2. The number of aliphatic imine (C=N–C) groups is 1. The molecule has 0 unspecified atom stereocenters. The highest BCUT2D eigenvalue weighted by molar-refractivity contribution is 14.0. The Morgan fingerprint density at radius 3 is 2.45 bits per heavy atom. The molecule has 0 atom stereocenters. The molecular formula is C15H26IN3S. The molecule has 0 spiro atoms. The van der Waals surface area contributed by atoms with E-state index in [0.29, 0.717) is 5.41 Å². The Hall–Kier alpha value is -0.300. The first kappa shape index (κ1) is 17.8. The quantitative estimate of drug-likeness (QED) is 0.458. The van der Waals surface area contributed by atoms with Gasteiger partial charge in [-0.05, 0) is 37.8 Å². The SMILES string of the molecule is CN=C(NCc1sccc1C)N1CC(C)(C)C1(C)C.I. The van der Waals surface area contributed by atoms with Crippen LogP contribution in [0.3, 0.4) is 0 Å². The maximum absolute atomic E-state index is 4.44. The number of halogens is 1. The molecular weight excluding hydrogens is 381 g/mol. The predicted octanol–water partition coefficient (Wildman–Crippen LogP) is 3.87. The molecule has 0 radical (unpaired) electrons. The van der Waals surface area contributed by atoms with E-state index in [-0.39, 0.29) is 29.5 Å². The lowest BCUT2D eigenvalue weighted by Crippen LogP contribution is -2.72. The Bertz CT molecular complexity index is 491. The van der Waals surface area contributed by atoms with Gasteiger partial charge in [0.05, 0.1) is 6.54 Å². The number of thiophene rings is 1. The highest BCUT2D eigenvalue weighted by Gasteiger charge is 2.53. The molecule has 0 saturated carbocycles. The van der Waals surface area contributed by atoms with Gasteiger partial charge in [0, 0.05) is 29.4 Å². The summed E-state index contributed by atoms with van der Waals surface area (Å²) in [5.41, 5.74) is 1.85. The number of aryl methyl sites for hydroxylation is 1. The maximum Gasteiger partial charge on any atom is 0.194 e. The Kier molecular flexibility index (Phi) is 5.52. The topological polar surface area (TPSA) is 27.6 Å². The van der Waals surface area contributed by atoms with Crippen molar-refractivity contribution in [3.8, 4) is 0 Å². The van der Waals surface area contributed by atoms with Crippen LogP contribution < -0.4 is 5.32 Å². The standard InChI is InChI=1S/C15H25N3S.HI/c1-11-7-8-19-12(11)9-17-13(16-6)18-10-14(2,3)15(18,4)5;/h7-8H,9-10H2,1-6H3,(H,16,17);1H. The molecule has 1 aromatic heterocycles. The van der Waals surface area contributed by atoms with Crippen LogP contribution in [-0.2, 0) is 6.54 Å². The van der Waals surface area contributed by atoms with Crippen LogP contribution >= 0.6 is 35.3 Å². The van der Waals surface area contributed by atoms with Gasteiger partial charge in [-0.15, -0.1) is 35.3 Å². The Labute approximate surface area is 143 Å². The van der Waals surface area contributed by atoms with Gasteiger partial charge in [0.25, 0.3) is 0 Å². The van der Waals surface area contributed by atoms with Gasteiger partial charge in [0.15, 0.2) is 5.96 Å². The second kappa shape index (κ2) is 6.22. The molecule has 1 saturated heterocycles. The zero-order chi connectivity index (χ0) is 14.3. The fourth-order valence-corrected chi connectivity index (χ4v) is 3.29. The van der Waals surface area contributed by atoms with Crippen molar-refractivity contribution < 1.29 is 0 Å². The maximum atomic E-state index is 4.44. The third kappa shape index (κ3) is 2.98. The smallest absolute Gasteiger partial charge is 0.194 e. The summed E-state index contributed by atoms with van der Waals surface area (Å²) in [6.45, 7) is 13.3. The molecule has 20 heavy (non-hydrogen) atoms. The van der Waals surface area contributed by atoms with E-state index >= 15 is 0 Å². The summed E-state index contributed by atoms with van der Waals surface area (Å²) in [5.74, 6) is 1.01. The van der Waals surface area contributed by atoms with Crippen molar-refractivity contribution >= 4 is 41.3 Å². The molecule has 1 aliphatic heterocycles. The lowest BCUT2D eigenvalue weighted by atomic mass is 9.65. The Morgan fingerprint density at radius 2 is 2.05 bits per heavy atom. The van der Waals surface area contributed by atoms with E-state index in [1.807, 2.05) is 7.05 Å². The van der Waals surface area contributed by atoms with E-state index in [1.54, 1.807) is 11.3 Å².